The number of hydrogen-bond acceptors (Lipinski definition) is 2. The Kier molecular flexibility index (Phi) is 2.78. The van der Waals surface area contributed by atoms with Crippen LogP contribution >= 0.6 is 0 Å². The molecule has 2 heterocycles. The molecule has 0 radical (unpaired) electrons. The average molecular weight is 244 g/mol. The first-order valence-corrected chi connectivity index (χ1v) is 6.46. The van der Waals surface area contributed by atoms with Gasteiger partial charge in [0.1, 0.15) is 0 Å². The van der Waals surface area contributed by atoms with Crippen molar-refractivity contribution in [3.8, 4) is 0 Å². The van der Waals surface area contributed by atoms with Crippen LogP contribution in [-0.2, 0) is 11.2 Å². The van der Waals surface area contributed by atoms with E-state index in [9.17, 15) is 9.59 Å². The topological polar surface area (TPSA) is 49.4 Å². The van der Waals surface area contributed by atoms with Crippen molar-refractivity contribution in [2.24, 2.45) is 0 Å². The van der Waals surface area contributed by atoms with Crippen LogP contribution in [0.15, 0.2) is 18.2 Å². The Morgan fingerprint density at radius 1 is 1.17 bits per heavy atom. The molecule has 1 N–H and O–H groups in total. The molecule has 1 aromatic rings. The summed E-state index contributed by atoms with van der Waals surface area (Å²) >= 11 is 0. The van der Waals surface area contributed by atoms with E-state index in [0.29, 0.717) is 12.0 Å². The predicted molar refractivity (Wildman–Crippen MR) is 68.5 cm³/mol. The van der Waals surface area contributed by atoms with Crippen LogP contribution in [0.5, 0.6) is 0 Å². The number of fused-ring (bicyclic) bond motifs is 1. The van der Waals surface area contributed by atoms with Crippen LogP contribution in [0.1, 0.15) is 35.2 Å². The molecule has 1 fully saturated rings. The number of hydrogen-bond donors (Lipinski definition) is 1. The molecule has 0 bridgehead atoms. The lowest BCUT2D eigenvalue weighted by Crippen LogP contribution is -2.35. The van der Waals surface area contributed by atoms with E-state index in [0.717, 1.165) is 37.2 Å². The fourth-order valence-corrected chi connectivity index (χ4v) is 2.63. The second-order valence-corrected chi connectivity index (χ2v) is 4.95. The Hall–Kier alpha value is -1.84. The molecule has 1 aromatic carbocycles. The van der Waals surface area contributed by atoms with Gasteiger partial charge >= 0.3 is 0 Å². The minimum atomic E-state index is 0.00701. The molecule has 2 amide bonds. The van der Waals surface area contributed by atoms with E-state index in [1.807, 2.05) is 17.0 Å². The summed E-state index contributed by atoms with van der Waals surface area (Å²) in [5.74, 6) is 0.0891. The summed E-state index contributed by atoms with van der Waals surface area (Å²) in [6.07, 6.45) is 3.82. The van der Waals surface area contributed by atoms with Crippen molar-refractivity contribution < 1.29 is 9.59 Å². The summed E-state index contributed by atoms with van der Waals surface area (Å²) in [5, 5.41) is 2.79. The van der Waals surface area contributed by atoms with Gasteiger partial charge in [-0.05, 0) is 37.0 Å². The number of benzene rings is 1. The zero-order valence-corrected chi connectivity index (χ0v) is 10.2. The highest BCUT2D eigenvalue weighted by atomic mass is 16.2. The van der Waals surface area contributed by atoms with Crippen LogP contribution in [0.2, 0.25) is 0 Å². The Morgan fingerprint density at radius 3 is 2.72 bits per heavy atom. The average Bonchev–Trinajstić information content (AvgIpc) is 2.78. The molecule has 18 heavy (non-hydrogen) atoms. The molecule has 0 atom stereocenters. The highest BCUT2D eigenvalue weighted by molar-refractivity contribution is 6.02. The first kappa shape index (κ1) is 11.3. The maximum absolute atomic E-state index is 12.3. The molecule has 2 aliphatic heterocycles. The molecule has 0 aliphatic carbocycles. The van der Waals surface area contributed by atoms with Crippen molar-refractivity contribution in [1.82, 2.24) is 4.90 Å². The van der Waals surface area contributed by atoms with E-state index >= 15 is 0 Å². The number of likely N-dealkylation sites (tertiary alicyclic amines) is 1. The monoisotopic (exact) mass is 244 g/mol. The van der Waals surface area contributed by atoms with Gasteiger partial charge in [0.05, 0.1) is 6.42 Å². The Balaban J connectivity index is 1.82. The summed E-state index contributed by atoms with van der Waals surface area (Å²) in [4.78, 5) is 25.5. The van der Waals surface area contributed by atoms with Gasteiger partial charge in [0.2, 0.25) is 5.91 Å². The molecule has 4 heteroatoms. The third kappa shape index (κ3) is 1.98. The number of carbonyl (C=O) groups is 2. The van der Waals surface area contributed by atoms with Gasteiger partial charge in [0.25, 0.3) is 5.91 Å². The molecule has 0 saturated carbocycles. The number of rotatable bonds is 1. The Labute approximate surface area is 106 Å². The third-order valence-corrected chi connectivity index (χ3v) is 3.63. The number of nitrogens with one attached hydrogen (secondary N) is 1. The molecule has 0 spiro atoms. The van der Waals surface area contributed by atoms with Crippen molar-refractivity contribution in [2.75, 3.05) is 18.4 Å². The highest BCUT2D eigenvalue weighted by Gasteiger charge is 2.22. The Morgan fingerprint density at radius 2 is 1.94 bits per heavy atom. The fourth-order valence-electron chi connectivity index (χ4n) is 2.63. The molecular formula is C14H16N2O2. The zero-order valence-electron chi connectivity index (χ0n) is 10.2. The number of anilines is 1. The minimum absolute atomic E-state index is 0.00701. The second kappa shape index (κ2) is 4.44. The lowest BCUT2D eigenvalue weighted by atomic mass is 10.1. The normalized spacial score (nSPS) is 18.4. The van der Waals surface area contributed by atoms with Crippen LogP contribution in [0.4, 0.5) is 5.69 Å². The Bertz CT molecular complexity index is 505. The lowest BCUT2D eigenvalue weighted by Gasteiger charge is -2.26. The van der Waals surface area contributed by atoms with Crippen molar-refractivity contribution in [3.05, 3.63) is 29.3 Å². The molecule has 0 aromatic heterocycles. The standard InChI is InChI=1S/C14H16N2O2/c17-13-9-10-4-5-11(8-12(10)15-13)14(18)16-6-2-1-3-7-16/h4-5,8H,1-3,6-7,9H2,(H,15,17). The van der Waals surface area contributed by atoms with Gasteiger partial charge < -0.3 is 10.2 Å². The quantitative estimate of drug-likeness (QED) is 0.819. The van der Waals surface area contributed by atoms with E-state index in [1.54, 1.807) is 6.07 Å². The predicted octanol–water partition coefficient (Wildman–Crippen LogP) is 1.81. The van der Waals surface area contributed by atoms with Crippen molar-refractivity contribution in [2.45, 2.75) is 25.7 Å². The number of piperidine rings is 1. The van der Waals surface area contributed by atoms with Crippen LogP contribution < -0.4 is 5.32 Å². The molecule has 4 nitrogen and oxygen atoms in total. The van der Waals surface area contributed by atoms with Gasteiger partial charge in [0.15, 0.2) is 0 Å². The van der Waals surface area contributed by atoms with Gasteiger partial charge in [-0.15, -0.1) is 0 Å². The van der Waals surface area contributed by atoms with E-state index in [4.69, 9.17) is 0 Å². The van der Waals surface area contributed by atoms with E-state index in [-0.39, 0.29) is 11.8 Å². The van der Waals surface area contributed by atoms with Crippen LogP contribution in [0.3, 0.4) is 0 Å². The third-order valence-electron chi connectivity index (χ3n) is 3.63. The van der Waals surface area contributed by atoms with E-state index in [2.05, 4.69) is 5.32 Å². The number of amides is 2. The molecule has 94 valence electrons. The SMILES string of the molecule is O=C1Cc2ccc(C(=O)N3CCCCC3)cc2N1. The summed E-state index contributed by atoms with van der Waals surface area (Å²) in [5.41, 5.74) is 2.45. The van der Waals surface area contributed by atoms with E-state index < -0.39 is 0 Å². The summed E-state index contributed by atoms with van der Waals surface area (Å²) in [6, 6.07) is 5.51. The van der Waals surface area contributed by atoms with Crippen LogP contribution in [0.25, 0.3) is 0 Å². The summed E-state index contributed by atoms with van der Waals surface area (Å²) < 4.78 is 0. The maximum Gasteiger partial charge on any atom is 0.253 e. The smallest absolute Gasteiger partial charge is 0.253 e. The van der Waals surface area contributed by atoms with Crippen molar-refractivity contribution in [1.29, 1.82) is 0 Å². The first-order chi connectivity index (χ1) is 8.74. The fraction of sp³-hybridized carbons (Fsp3) is 0.429. The largest absolute Gasteiger partial charge is 0.339 e. The highest BCUT2D eigenvalue weighted by Crippen LogP contribution is 2.25. The first-order valence-electron chi connectivity index (χ1n) is 6.46. The van der Waals surface area contributed by atoms with Crippen molar-refractivity contribution in [3.63, 3.8) is 0 Å². The summed E-state index contributed by atoms with van der Waals surface area (Å²) in [6.45, 7) is 1.70. The van der Waals surface area contributed by atoms with Gasteiger partial charge in [-0.2, -0.15) is 0 Å². The number of carbonyl (C=O) groups excluding carboxylic acids is 2. The van der Waals surface area contributed by atoms with Gasteiger partial charge in [-0.3, -0.25) is 9.59 Å². The molecule has 3 rings (SSSR count). The molecule has 0 unspecified atom stereocenters. The lowest BCUT2D eigenvalue weighted by molar-refractivity contribution is -0.115. The summed E-state index contributed by atoms with van der Waals surface area (Å²) in [7, 11) is 0. The van der Waals surface area contributed by atoms with Crippen molar-refractivity contribution >= 4 is 17.5 Å². The maximum atomic E-state index is 12.3. The minimum Gasteiger partial charge on any atom is -0.339 e. The molecule has 2 aliphatic rings. The van der Waals surface area contributed by atoms with Gasteiger partial charge in [-0.25, -0.2) is 0 Å². The molecule has 1 saturated heterocycles. The van der Waals surface area contributed by atoms with Gasteiger partial charge in [0, 0.05) is 24.3 Å². The number of nitrogens with zero attached hydrogens (tertiary/aromatic N) is 1. The van der Waals surface area contributed by atoms with Crippen LogP contribution in [0, 0.1) is 0 Å². The van der Waals surface area contributed by atoms with Crippen LogP contribution in [-0.4, -0.2) is 29.8 Å². The molecular weight excluding hydrogens is 228 g/mol. The zero-order chi connectivity index (χ0) is 12.5. The van der Waals surface area contributed by atoms with Gasteiger partial charge in [-0.1, -0.05) is 6.07 Å². The van der Waals surface area contributed by atoms with E-state index in [1.165, 1.54) is 6.42 Å². The second-order valence-electron chi connectivity index (χ2n) is 4.95.